The summed E-state index contributed by atoms with van der Waals surface area (Å²) in [6.07, 6.45) is 1.71. The van der Waals surface area contributed by atoms with E-state index in [1.807, 2.05) is 38.1 Å². The van der Waals surface area contributed by atoms with Crippen LogP contribution in [0.15, 0.2) is 30.3 Å². The van der Waals surface area contributed by atoms with Crippen LogP contribution in [0.3, 0.4) is 0 Å². The topological polar surface area (TPSA) is 59.1 Å². The predicted molar refractivity (Wildman–Crippen MR) is 112 cm³/mol. The van der Waals surface area contributed by atoms with E-state index in [0.717, 1.165) is 41.1 Å². The summed E-state index contributed by atoms with van der Waals surface area (Å²) in [4.78, 5) is 29.5. The van der Waals surface area contributed by atoms with Gasteiger partial charge in [-0.15, -0.1) is 0 Å². The van der Waals surface area contributed by atoms with E-state index in [4.69, 9.17) is 9.47 Å². The van der Waals surface area contributed by atoms with Gasteiger partial charge in [0, 0.05) is 42.5 Å². The second-order valence-corrected chi connectivity index (χ2v) is 8.11. The molecule has 0 saturated heterocycles. The lowest BCUT2D eigenvalue weighted by Crippen LogP contribution is -2.36. The van der Waals surface area contributed by atoms with E-state index >= 15 is 0 Å². The van der Waals surface area contributed by atoms with Crippen molar-refractivity contribution >= 4 is 23.2 Å². The van der Waals surface area contributed by atoms with Crippen LogP contribution in [0.5, 0.6) is 11.5 Å². The number of methoxy groups -OCH3 is 2. The number of hydrogen-bond acceptors (Lipinski definition) is 4. The summed E-state index contributed by atoms with van der Waals surface area (Å²) in [5.74, 6) is 1.35. The Balaban J connectivity index is 1.77. The van der Waals surface area contributed by atoms with Crippen molar-refractivity contribution in [1.29, 1.82) is 0 Å². The van der Waals surface area contributed by atoms with Crippen molar-refractivity contribution in [2.45, 2.75) is 32.1 Å². The molecule has 2 heterocycles. The number of rotatable bonds is 3. The predicted octanol–water partition coefficient (Wildman–Crippen LogP) is 3.55. The third-order valence-corrected chi connectivity index (χ3v) is 6.08. The molecule has 4 rings (SSSR count). The Hall–Kier alpha value is -3.02. The molecule has 0 radical (unpaired) electrons. The van der Waals surface area contributed by atoms with Crippen molar-refractivity contribution < 1.29 is 19.1 Å². The van der Waals surface area contributed by atoms with E-state index in [2.05, 4.69) is 0 Å². The number of anilines is 2. The maximum absolute atomic E-state index is 13.5. The van der Waals surface area contributed by atoms with Gasteiger partial charge in [-0.1, -0.05) is 0 Å². The zero-order chi connectivity index (χ0) is 20.9. The molecular weight excluding hydrogens is 368 g/mol. The second kappa shape index (κ2) is 6.79. The zero-order valence-corrected chi connectivity index (χ0v) is 17.5. The van der Waals surface area contributed by atoms with Crippen LogP contribution in [-0.2, 0) is 16.6 Å². The summed E-state index contributed by atoms with van der Waals surface area (Å²) in [5.41, 5.74) is 3.52. The lowest BCUT2D eigenvalue weighted by molar-refractivity contribution is -0.121. The van der Waals surface area contributed by atoms with Gasteiger partial charge in [0.25, 0.3) is 5.91 Å². The van der Waals surface area contributed by atoms with Crippen LogP contribution in [-0.4, -0.2) is 39.6 Å². The summed E-state index contributed by atoms with van der Waals surface area (Å²) < 4.78 is 10.9. The minimum atomic E-state index is -0.646. The number of nitrogens with zero attached hydrogens (tertiary/aromatic N) is 2. The average Bonchev–Trinajstić information content (AvgIpc) is 2.91. The number of amides is 2. The fraction of sp³-hybridized carbons (Fsp3) is 0.391. The Morgan fingerprint density at radius 3 is 2.52 bits per heavy atom. The van der Waals surface area contributed by atoms with E-state index in [9.17, 15) is 9.59 Å². The van der Waals surface area contributed by atoms with Crippen LogP contribution in [0.1, 0.15) is 41.8 Å². The molecule has 0 unspecified atom stereocenters. The highest BCUT2D eigenvalue weighted by Crippen LogP contribution is 2.42. The first kappa shape index (κ1) is 19.3. The molecule has 2 aliphatic rings. The summed E-state index contributed by atoms with van der Waals surface area (Å²) in [5, 5.41) is 0. The highest BCUT2D eigenvalue weighted by atomic mass is 16.5. The molecule has 0 saturated carbocycles. The van der Waals surface area contributed by atoms with Gasteiger partial charge in [0.05, 0.1) is 25.3 Å². The summed E-state index contributed by atoms with van der Waals surface area (Å²) in [6, 6.07) is 9.28. The fourth-order valence-corrected chi connectivity index (χ4v) is 4.41. The van der Waals surface area contributed by atoms with Gasteiger partial charge in [-0.3, -0.25) is 9.59 Å². The molecule has 2 amide bonds. The molecule has 6 heteroatoms. The minimum absolute atomic E-state index is 0.0369. The number of fused-ring (bicyclic) bond motifs is 2. The van der Waals surface area contributed by atoms with Gasteiger partial charge in [0.15, 0.2) is 0 Å². The highest BCUT2D eigenvalue weighted by molar-refractivity contribution is 6.11. The van der Waals surface area contributed by atoms with Crippen molar-refractivity contribution in [1.82, 2.24) is 0 Å². The number of hydrogen-bond donors (Lipinski definition) is 0. The summed E-state index contributed by atoms with van der Waals surface area (Å²) in [7, 11) is 5.01. The molecule has 0 spiro atoms. The normalized spacial score (nSPS) is 17.1. The molecule has 0 aromatic heterocycles. The first-order valence-corrected chi connectivity index (χ1v) is 9.79. The van der Waals surface area contributed by atoms with Crippen LogP contribution in [0.25, 0.3) is 0 Å². The monoisotopic (exact) mass is 394 g/mol. The highest BCUT2D eigenvalue weighted by Gasteiger charge is 2.42. The Bertz CT molecular complexity index is 1010. The number of likely N-dealkylation sites (N-methyl/N-ethyl adjacent to an activating group) is 1. The third kappa shape index (κ3) is 2.85. The molecule has 152 valence electrons. The second-order valence-electron chi connectivity index (χ2n) is 8.11. The molecule has 0 atom stereocenters. The Kier molecular flexibility index (Phi) is 4.52. The van der Waals surface area contributed by atoms with E-state index < -0.39 is 5.41 Å². The van der Waals surface area contributed by atoms with Crippen molar-refractivity contribution in [3.05, 3.63) is 47.0 Å². The van der Waals surface area contributed by atoms with Gasteiger partial charge in [0.2, 0.25) is 5.91 Å². The van der Waals surface area contributed by atoms with Gasteiger partial charge >= 0.3 is 0 Å². The lowest BCUT2D eigenvalue weighted by atomic mass is 9.85. The molecule has 2 aliphatic heterocycles. The molecule has 2 aromatic rings. The number of carbonyl (C=O) groups excluding carboxylic acids is 2. The molecule has 0 fully saturated rings. The van der Waals surface area contributed by atoms with Crippen molar-refractivity contribution in [2.24, 2.45) is 0 Å². The SMILES string of the molecule is COc1cc(OC)c2c(c1)N(C(=O)c1ccc3c(c1)C(C)(C)C(=O)N3C)CCC2. The van der Waals surface area contributed by atoms with Crippen LogP contribution in [0, 0.1) is 0 Å². The Morgan fingerprint density at radius 2 is 1.83 bits per heavy atom. The average molecular weight is 394 g/mol. The maximum Gasteiger partial charge on any atom is 0.258 e. The maximum atomic E-state index is 13.5. The van der Waals surface area contributed by atoms with Crippen molar-refractivity contribution in [3.63, 3.8) is 0 Å². The molecule has 6 nitrogen and oxygen atoms in total. The summed E-state index contributed by atoms with van der Waals surface area (Å²) >= 11 is 0. The fourth-order valence-electron chi connectivity index (χ4n) is 4.41. The van der Waals surface area contributed by atoms with E-state index in [0.29, 0.717) is 17.9 Å². The van der Waals surface area contributed by atoms with Crippen molar-refractivity contribution in [3.8, 4) is 11.5 Å². The van der Waals surface area contributed by atoms with Gasteiger partial charge in [-0.25, -0.2) is 0 Å². The lowest BCUT2D eigenvalue weighted by Gasteiger charge is -2.31. The molecule has 0 N–H and O–H groups in total. The molecule has 0 bridgehead atoms. The quantitative estimate of drug-likeness (QED) is 0.799. The zero-order valence-electron chi connectivity index (χ0n) is 17.5. The van der Waals surface area contributed by atoms with E-state index in [1.165, 1.54) is 0 Å². The van der Waals surface area contributed by atoms with Crippen LogP contribution >= 0.6 is 0 Å². The third-order valence-electron chi connectivity index (χ3n) is 6.08. The minimum Gasteiger partial charge on any atom is -0.497 e. The number of carbonyl (C=O) groups is 2. The molecular formula is C23H26N2O4. The number of ether oxygens (including phenoxy) is 2. The Labute approximate surface area is 171 Å². The van der Waals surface area contributed by atoms with Gasteiger partial charge in [0.1, 0.15) is 11.5 Å². The smallest absolute Gasteiger partial charge is 0.258 e. The Morgan fingerprint density at radius 1 is 1.07 bits per heavy atom. The summed E-state index contributed by atoms with van der Waals surface area (Å²) in [6.45, 7) is 4.43. The van der Waals surface area contributed by atoms with Gasteiger partial charge in [-0.05, 0) is 50.5 Å². The first-order valence-electron chi connectivity index (χ1n) is 9.79. The van der Waals surface area contributed by atoms with E-state index in [-0.39, 0.29) is 11.8 Å². The molecule has 0 aliphatic carbocycles. The first-order chi connectivity index (χ1) is 13.8. The van der Waals surface area contributed by atoms with E-state index in [1.54, 1.807) is 37.1 Å². The van der Waals surface area contributed by atoms with Crippen LogP contribution in [0.4, 0.5) is 11.4 Å². The van der Waals surface area contributed by atoms with Crippen LogP contribution < -0.4 is 19.3 Å². The van der Waals surface area contributed by atoms with Gasteiger partial charge in [-0.2, -0.15) is 0 Å². The standard InChI is InChI=1S/C23H26N2O4/c1-23(2)17-11-14(8-9-18(17)24(3)22(23)27)21(26)25-10-6-7-16-19(25)12-15(28-4)13-20(16)29-5/h8-9,11-13H,6-7,10H2,1-5H3. The van der Waals surface area contributed by atoms with Crippen LogP contribution in [0.2, 0.25) is 0 Å². The molecule has 29 heavy (non-hydrogen) atoms. The van der Waals surface area contributed by atoms with Crippen molar-refractivity contribution in [2.75, 3.05) is 37.6 Å². The van der Waals surface area contributed by atoms with Gasteiger partial charge < -0.3 is 19.3 Å². The number of benzene rings is 2. The molecule has 2 aromatic carbocycles. The largest absolute Gasteiger partial charge is 0.497 e.